The SMILES string of the molecule is CCc1nncn1CCNC(=NCC(C)C)N1CCN(c2ccccc2OC)CC1.I. The van der Waals surface area contributed by atoms with Crippen LogP contribution in [0.15, 0.2) is 35.6 Å². The van der Waals surface area contributed by atoms with Crippen LogP contribution in [0.25, 0.3) is 0 Å². The number of nitrogens with one attached hydrogen (secondary N) is 1. The molecule has 1 saturated heterocycles. The van der Waals surface area contributed by atoms with Crippen molar-refractivity contribution >= 4 is 35.6 Å². The summed E-state index contributed by atoms with van der Waals surface area (Å²) in [5, 5.41) is 11.7. The predicted molar refractivity (Wildman–Crippen MR) is 137 cm³/mol. The number of aryl methyl sites for hydroxylation is 1. The van der Waals surface area contributed by atoms with E-state index in [-0.39, 0.29) is 24.0 Å². The van der Waals surface area contributed by atoms with Gasteiger partial charge in [0.15, 0.2) is 5.96 Å². The summed E-state index contributed by atoms with van der Waals surface area (Å²) in [7, 11) is 1.73. The highest BCUT2D eigenvalue weighted by Gasteiger charge is 2.22. The Morgan fingerprint density at radius 2 is 1.94 bits per heavy atom. The van der Waals surface area contributed by atoms with E-state index in [1.54, 1.807) is 13.4 Å². The molecule has 1 fully saturated rings. The highest BCUT2D eigenvalue weighted by molar-refractivity contribution is 14.0. The van der Waals surface area contributed by atoms with Crippen molar-refractivity contribution in [2.45, 2.75) is 33.7 Å². The number of hydrogen-bond donors (Lipinski definition) is 1. The molecule has 0 amide bonds. The molecule has 0 unspecified atom stereocenters. The van der Waals surface area contributed by atoms with Gasteiger partial charge >= 0.3 is 0 Å². The molecule has 1 aromatic carbocycles. The number of halogens is 1. The Bertz CT molecular complexity index is 816. The number of hydrogen-bond acceptors (Lipinski definition) is 5. The van der Waals surface area contributed by atoms with Crippen LogP contribution in [0.1, 0.15) is 26.6 Å². The molecule has 172 valence electrons. The van der Waals surface area contributed by atoms with Gasteiger partial charge in [-0.25, -0.2) is 0 Å². The van der Waals surface area contributed by atoms with Gasteiger partial charge in [-0.1, -0.05) is 32.9 Å². The number of anilines is 1. The van der Waals surface area contributed by atoms with Crippen molar-refractivity contribution < 1.29 is 4.74 Å². The average molecular weight is 541 g/mol. The molecule has 0 bridgehead atoms. The number of rotatable bonds is 8. The van der Waals surface area contributed by atoms with Gasteiger partial charge in [-0.3, -0.25) is 4.99 Å². The maximum atomic E-state index is 5.54. The molecular weight excluding hydrogens is 505 g/mol. The molecule has 1 aromatic heterocycles. The summed E-state index contributed by atoms with van der Waals surface area (Å²) in [6.07, 6.45) is 2.69. The lowest BCUT2D eigenvalue weighted by molar-refractivity contribution is 0.364. The van der Waals surface area contributed by atoms with Crippen LogP contribution in [-0.4, -0.2) is 72.0 Å². The highest BCUT2D eigenvalue weighted by atomic mass is 127. The first-order chi connectivity index (χ1) is 14.6. The summed E-state index contributed by atoms with van der Waals surface area (Å²) in [4.78, 5) is 9.64. The van der Waals surface area contributed by atoms with E-state index in [0.29, 0.717) is 5.92 Å². The van der Waals surface area contributed by atoms with Gasteiger partial charge in [0.2, 0.25) is 0 Å². The fraction of sp³-hybridized carbons (Fsp3) is 0.591. The van der Waals surface area contributed by atoms with E-state index < -0.39 is 0 Å². The van der Waals surface area contributed by atoms with Crippen molar-refractivity contribution in [2.75, 3.05) is 51.3 Å². The molecule has 1 N–H and O–H groups in total. The van der Waals surface area contributed by atoms with E-state index in [4.69, 9.17) is 9.73 Å². The van der Waals surface area contributed by atoms with Gasteiger partial charge in [0, 0.05) is 52.2 Å². The van der Waals surface area contributed by atoms with Gasteiger partial charge < -0.3 is 24.4 Å². The lowest BCUT2D eigenvalue weighted by Crippen LogP contribution is -2.53. The Morgan fingerprint density at radius 3 is 2.61 bits per heavy atom. The normalized spacial score (nSPS) is 14.5. The Balaban J connectivity index is 0.00000341. The molecule has 3 rings (SSSR count). The van der Waals surface area contributed by atoms with Gasteiger partial charge in [0.1, 0.15) is 17.9 Å². The van der Waals surface area contributed by atoms with E-state index in [1.807, 2.05) is 12.1 Å². The van der Waals surface area contributed by atoms with E-state index in [9.17, 15) is 0 Å². The molecule has 2 aromatic rings. The zero-order valence-electron chi connectivity index (χ0n) is 19.1. The molecule has 2 heterocycles. The summed E-state index contributed by atoms with van der Waals surface area (Å²) >= 11 is 0. The van der Waals surface area contributed by atoms with Crippen LogP contribution in [0.2, 0.25) is 0 Å². The summed E-state index contributed by atoms with van der Waals surface area (Å²) in [5.41, 5.74) is 1.16. The summed E-state index contributed by atoms with van der Waals surface area (Å²) in [6, 6.07) is 8.23. The first-order valence-corrected chi connectivity index (χ1v) is 10.9. The first kappa shape index (κ1) is 25.2. The predicted octanol–water partition coefficient (Wildman–Crippen LogP) is 2.89. The van der Waals surface area contributed by atoms with E-state index in [2.05, 4.69) is 62.8 Å². The Morgan fingerprint density at radius 1 is 1.19 bits per heavy atom. The van der Waals surface area contributed by atoms with Crippen molar-refractivity contribution in [2.24, 2.45) is 10.9 Å². The monoisotopic (exact) mass is 541 g/mol. The number of nitrogens with zero attached hydrogens (tertiary/aromatic N) is 6. The average Bonchev–Trinajstić information content (AvgIpc) is 3.23. The number of benzene rings is 1. The lowest BCUT2D eigenvalue weighted by atomic mass is 10.2. The number of piperazine rings is 1. The minimum Gasteiger partial charge on any atom is -0.495 e. The van der Waals surface area contributed by atoms with Crippen LogP contribution in [0.4, 0.5) is 5.69 Å². The number of aliphatic imine (C=N–C) groups is 1. The smallest absolute Gasteiger partial charge is 0.194 e. The second kappa shape index (κ2) is 12.7. The molecule has 0 radical (unpaired) electrons. The third kappa shape index (κ3) is 6.98. The zero-order chi connectivity index (χ0) is 21.3. The molecule has 8 nitrogen and oxygen atoms in total. The van der Waals surface area contributed by atoms with Crippen molar-refractivity contribution in [1.82, 2.24) is 25.0 Å². The van der Waals surface area contributed by atoms with Crippen molar-refractivity contribution in [3.8, 4) is 5.75 Å². The number of methoxy groups -OCH3 is 1. The fourth-order valence-electron chi connectivity index (χ4n) is 3.61. The van der Waals surface area contributed by atoms with Gasteiger partial charge in [0.05, 0.1) is 12.8 Å². The van der Waals surface area contributed by atoms with Crippen molar-refractivity contribution in [3.63, 3.8) is 0 Å². The largest absolute Gasteiger partial charge is 0.495 e. The third-order valence-corrected chi connectivity index (χ3v) is 5.26. The first-order valence-electron chi connectivity index (χ1n) is 10.9. The Labute approximate surface area is 203 Å². The highest BCUT2D eigenvalue weighted by Crippen LogP contribution is 2.28. The Kier molecular flexibility index (Phi) is 10.4. The molecule has 0 atom stereocenters. The van der Waals surface area contributed by atoms with Gasteiger partial charge in [-0.2, -0.15) is 0 Å². The minimum absolute atomic E-state index is 0. The van der Waals surface area contributed by atoms with Crippen LogP contribution < -0.4 is 15.0 Å². The number of guanidine groups is 1. The van der Waals surface area contributed by atoms with Crippen LogP contribution >= 0.6 is 24.0 Å². The number of para-hydroxylation sites is 2. The molecule has 31 heavy (non-hydrogen) atoms. The fourth-order valence-corrected chi connectivity index (χ4v) is 3.61. The standard InChI is InChI=1S/C22H35N7O.HI/c1-5-21-26-25-17-29(21)11-10-23-22(24-16-18(2)3)28-14-12-27(13-15-28)19-8-6-7-9-20(19)30-4;/h6-9,17-18H,5,10-16H2,1-4H3,(H,23,24);1H. The second-order valence-corrected chi connectivity index (χ2v) is 7.92. The summed E-state index contributed by atoms with van der Waals surface area (Å²) < 4.78 is 7.65. The van der Waals surface area contributed by atoms with E-state index >= 15 is 0 Å². The molecule has 1 aliphatic rings. The topological polar surface area (TPSA) is 70.8 Å². The molecule has 9 heteroatoms. The maximum Gasteiger partial charge on any atom is 0.194 e. The number of aromatic nitrogens is 3. The Hall–Kier alpha value is -2.04. The van der Waals surface area contributed by atoms with Crippen molar-refractivity contribution in [3.05, 3.63) is 36.4 Å². The van der Waals surface area contributed by atoms with Crippen molar-refractivity contribution in [1.29, 1.82) is 0 Å². The van der Waals surface area contributed by atoms with Crippen LogP contribution in [0.5, 0.6) is 5.75 Å². The van der Waals surface area contributed by atoms with Gasteiger partial charge in [0.25, 0.3) is 0 Å². The summed E-state index contributed by atoms with van der Waals surface area (Å²) in [5.74, 6) is 3.47. The second-order valence-electron chi connectivity index (χ2n) is 7.92. The molecule has 1 aliphatic heterocycles. The number of ether oxygens (including phenoxy) is 1. The third-order valence-electron chi connectivity index (χ3n) is 5.26. The van der Waals surface area contributed by atoms with Gasteiger partial charge in [-0.15, -0.1) is 34.2 Å². The van der Waals surface area contributed by atoms with Crippen LogP contribution in [0, 0.1) is 5.92 Å². The molecule has 0 aliphatic carbocycles. The quantitative estimate of drug-likeness (QED) is 0.315. The maximum absolute atomic E-state index is 5.54. The molecular formula is C22H36IN7O. The molecule has 0 saturated carbocycles. The molecule has 0 spiro atoms. The van der Waals surface area contributed by atoms with Gasteiger partial charge in [-0.05, 0) is 18.1 Å². The lowest BCUT2D eigenvalue weighted by Gasteiger charge is -2.38. The van der Waals surface area contributed by atoms with E-state index in [0.717, 1.165) is 75.5 Å². The van der Waals surface area contributed by atoms with Crippen LogP contribution in [-0.2, 0) is 13.0 Å². The van der Waals surface area contributed by atoms with Crippen LogP contribution in [0.3, 0.4) is 0 Å². The minimum atomic E-state index is 0. The zero-order valence-corrected chi connectivity index (χ0v) is 21.5. The summed E-state index contributed by atoms with van der Waals surface area (Å²) in [6.45, 7) is 12.7. The van der Waals surface area contributed by atoms with E-state index in [1.165, 1.54) is 0 Å².